The predicted octanol–water partition coefficient (Wildman–Crippen LogP) is 4.83. The van der Waals surface area contributed by atoms with Crippen LogP contribution >= 0.6 is 11.6 Å². The van der Waals surface area contributed by atoms with Gasteiger partial charge in [0.05, 0.1) is 22.8 Å². The Morgan fingerprint density at radius 1 is 1.12 bits per heavy atom. The quantitative estimate of drug-likeness (QED) is 0.364. The standard InChI is InChI=1S/C23H22ClN7O2/c1-12(2)31-10-17(19-21(25)27-11-28-22(19)31)20(32)14-7-16(9-26-8-14)29-23(33)30-18-5-4-15(24)6-13(18)3/h4-12H,1-3H3,(H2,25,27,28)(H2,29,30,33). The lowest BCUT2D eigenvalue weighted by Gasteiger charge is -2.10. The molecule has 0 bridgehead atoms. The van der Waals surface area contributed by atoms with Gasteiger partial charge in [0, 0.05) is 34.7 Å². The molecule has 0 atom stereocenters. The maximum atomic E-state index is 13.3. The molecule has 0 saturated heterocycles. The Labute approximate surface area is 195 Å². The van der Waals surface area contributed by atoms with E-state index in [1.807, 2.05) is 25.3 Å². The summed E-state index contributed by atoms with van der Waals surface area (Å²) < 4.78 is 1.87. The first-order valence-electron chi connectivity index (χ1n) is 10.2. The number of halogens is 1. The number of pyridine rings is 1. The number of urea groups is 1. The van der Waals surface area contributed by atoms with E-state index in [0.717, 1.165) is 5.56 Å². The Bertz CT molecular complexity index is 1380. The predicted molar refractivity (Wildman–Crippen MR) is 129 cm³/mol. The molecular weight excluding hydrogens is 442 g/mol. The highest BCUT2D eigenvalue weighted by Gasteiger charge is 2.22. The maximum Gasteiger partial charge on any atom is 0.323 e. The molecule has 4 rings (SSSR count). The number of nitrogens with zero attached hydrogens (tertiary/aromatic N) is 4. The van der Waals surface area contributed by atoms with Crippen LogP contribution in [-0.4, -0.2) is 31.3 Å². The van der Waals surface area contributed by atoms with Crippen molar-refractivity contribution in [2.45, 2.75) is 26.8 Å². The zero-order chi connectivity index (χ0) is 23.7. The Hall–Kier alpha value is -3.98. The van der Waals surface area contributed by atoms with E-state index in [2.05, 4.69) is 25.6 Å². The number of carbonyl (C=O) groups excluding carboxylic acids is 2. The first-order valence-corrected chi connectivity index (χ1v) is 10.6. The topological polar surface area (TPSA) is 128 Å². The molecule has 33 heavy (non-hydrogen) atoms. The summed E-state index contributed by atoms with van der Waals surface area (Å²) in [5, 5.41) is 6.53. The minimum atomic E-state index is -0.471. The molecule has 0 fully saturated rings. The molecule has 2 amide bonds. The summed E-state index contributed by atoms with van der Waals surface area (Å²) in [4.78, 5) is 38.3. The molecule has 0 spiro atoms. The molecule has 3 heterocycles. The van der Waals surface area contributed by atoms with Gasteiger partial charge in [-0.05, 0) is 50.6 Å². The molecule has 1 aromatic carbocycles. The lowest BCUT2D eigenvalue weighted by molar-refractivity contribution is 0.103. The number of nitrogen functional groups attached to an aromatic ring is 1. The minimum Gasteiger partial charge on any atom is -0.383 e. The van der Waals surface area contributed by atoms with Crippen molar-refractivity contribution in [2.75, 3.05) is 16.4 Å². The number of ketones is 1. The second-order valence-electron chi connectivity index (χ2n) is 7.83. The van der Waals surface area contributed by atoms with Crippen molar-refractivity contribution in [1.29, 1.82) is 0 Å². The van der Waals surface area contributed by atoms with Crippen molar-refractivity contribution in [3.05, 3.63) is 70.9 Å². The Morgan fingerprint density at radius 2 is 1.91 bits per heavy atom. The summed E-state index contributed by atoms with van der Waals surface area (Å²) in [6.07, 6.45) is 5.99. The van der Waals surface area contributed by atoms with Crippen molar-refractivity contribution >= 4 is 51.6 Å². The Morgan fingerprint density at radius 3 is 2.64 bits per heavy atom. The number of nitrogens with two attached hydrogens (primary N) is 1. The van der Waals surface area contributed by atoms with Gasteiger partial charge in [-0.25, -0.2) is 14.8 Å². The van der Waals surface area contributed by atoms with Gasteiger partial charge in [0.1, 0.15) is 17.8 Å². The molecule has 4 N–H and O–H groups in total. The zero-order valence-electron chi connectivity index (χ0n) is 18.3. The molecule has 10 heteroatoms. The average Bonchev–Trinajstić information content (AvgIpc) is 3.17. The highest BCUT2D eigenvalue weighted by Crippen LogP contribution is 2.28. The van der Waals surface area contributed by atoms with Crippen LogP contribution in [0.2, 0.25) is 5.02 Å². The average molecular weight is 464 g/mol. The normalized spacial score (nSPS) is 11.1. The second-order valence-corrected chi connectivity index (χ2v) is 8.27. The van der Waals surface area contributed by atoms with Crippen LogP contribution in [0, 0.1) is 6.92 Å². The number of aryl methyl sites for hydroxylation is 1. The number of hydrogen-bond acceptors (Lipinski definition) is 6. The number of carbonyl (C=O) groups is 2. The summed E-state index contributed by atoms with van der Waals surface area (Å²) in [6, 6.07) is 6.30. The van der Waals surface area contributed by atoms with E-state index >= 15 is 0 Å². The largest absolute Gasteiger partial charge is 0.383 e. The monoisotopic (exact) mass is 463 g/mol. The molecule has 0 aliphatic carbocycles. The van der Waals surface area contributed by atoms with Crippen molar-refractivity contribution in [1.82, 2.24) is 19.5 Å². The molecule has 0 aliphatic rings. The third-order valence-corrected chi connectivity index (χ3v) is 5.37. The Kier molecular flexibility index (Phi) is 5.97. The third kappa shape index (κ3) is 4.49. The van der Waals surface area contributed by atoms with Gasteiger partial charge in [-0.15, -0.1) is 0 Å². The van der Waals surface area contributed by atoms with Gasteiger partial charge >= 0.3 is 6.03 Å². The fourth-order valence-electron chi connectivity index (χ4n) is 3.51. The van der Waals surface area contributed by atoms with Crippen molar-refractivity contribution in [3.8, 4) is 0 Å². The van der Waals surface area contributed by atoms with Crippen LogP contribution in [0.3, 0.4) is 0 Å². The number of amides is 2. The molecule has 168 valence electrons. The summed E-state index contributed by atoms with van der Waals surface area (Å²) >= 11 is 5.96. The summed E-state index contributed by atoms with van der Waals surface area (Å²) in [7, 11) is 0. The summed E-state index contributed by atoms with van der Waals surface area (Å²) in [5.74, 6) is -0.0753. The van der Waals surface area contributed by atoms with Crippen LogP contribution in [0.25, 0.3) is 11.0 Å². The van der Waals surface area contributed by atoms with E-state index < -0.39 is 6.03 Å². The fourth-order valence-corrected chi connectivity index (χ4v) is 3.74. The van der Waals surface area contributed by atoms with Crippen LogP contribution in [0.5, 0.6) is 0 Å². The molecule has 4 aromatic rings. The first kappa shape index (κ1) is 22.2. The molecule has 0 radical (unpaired) electrons. The van der Waals surface area contributed by atoms with Crippen LogP contribution in [0.1, 0.15) is 41.4 Å². The van der Waals surface area contributed by atoms with Gasteiger partial charge in [0.25, 0.3) is 0 Å². The zero-order valence-corrected chi connectivity index (χ0v) is 19.0. The lowest BCUT2D eigenvalue weighted by atomic mass is 10.1. The number of benzene rings is 1. The smallest absolute Gasteiger partial charge is 0.323 e. The highest BCUT2D eigenvalue weighted by molar-refractivity contribution is 6.30. The highest BCUT2D eigenvalue weighted by atomic mass is 35.5. The van der Waals surface area contributed by atoms with Crippen molar-refractivity contribution in [3.63, 3.8) is 0 Å². The van der Waals surface area contributed by atoms with Crippen LogP contribution < -0.4 is 16.4 Å². The van der Waals surface area contributed by atoms with Gasteiger partial charge in [-0.2, -0.15) is 0 Å². The third-order valence-electron chi connectivity index (χ3n) is 5.13. The number of aromatic nitrogens is 4. The summed E-state index contributed by atoms with van der Waals surface area (Å²) in [5.41, 5.74) is 9.12. The second kappa shape index (κ2) is 8.87. The van der Waals surface area contributed by atoms with Gasteiger partial charge < -0.3 is 20.9 Å². The number of anilines is 3. The van der Waals surface area contributed by atoms with E-state index in [-0.39, 0.29) is 17.6 Å². The number of rotatable bonds is 5. The van der Waals surface area contributed by atoms with E-state index in [4.69, 9.17) is 17.3 Å². The van der Waals surface area contributed by atoms with Crippen LogP contribution in [-0.2, 0) is 0 Å². The first-order chi connectivity index (χ1) is 15.7. The maximum absolute atomic E-state index is 13.3. The molecule has 3 aromatic heterocycles. The van der Waals surface area contributed by atoms with E-state index in [1.54, 1.807) is 30.5 Å². The van der Waals surface area contributed by atoms with Gasteiger partial charge in [-0.3, -0.25) is 9.78 Å². The van der Waals surface area contributed by atoms with Crippen LogP contribution in [0.15, 0.2) is 49.2 Å². The Balaban J connectivity index is 1.60. The van der Waals surface area contributed by atoms with E-state index in [0.29, 0.717) is 38.6 Å². The van der Waals surface area contributed by atoms with Crippen molar-refractivity contribution in [2.24, 2.45) is 0 Å². The number of hydrogen-bond donors (Lipinski definition) is 3. The van der Waals surface area contributed by atoms with Gasteiger partial charge in [0.15, 0.2) is 5.78 Å². The van der Waals surface area contributed by atoms with E-state index in [9.17, 15) is 9.59 Å². The minimum absolute atomic E-state index is 0.0643. The van der Waals surface area contributed by atoms with E-state index in [1.165, 1.54) is 18.7 Å². The molecule has 0 saturated carbocycles. The molecule has 0 aliphatic heterocycles. The SMILES string of the molecule is Cc1cc(Cl)ccc1NC(=O)Nc1cncc(C(=O)c2cn(C(C)C)c3ncnc(N)c23)c1. The molecule has 0 unspecified atom stereocenters. The fraction of sp³-hybridized carbons (Fsp3) is 0.174. The number of nitrogens with one attached hydrogen (secondary N) is 2. The lowest BCUT2D eigenvalue weighted by Crippen LogP contribution is -2.20. The molecule has 9 nitrogen and oxygen atoms in total. The van der Waals surface area contributed by atoms with Gasteiger partial charge in [0.2, 0.25) is 0 Å². The molecular formula is C23H22ClN7O2. The van der Waals surface area contributed by atoms with Gasteiger partial charge in [-0.1, -0.05) is 11.6 Å². The van der Waals surface area contributed by atoms with Crippen molar-refractivity contribution < 1.29 is 9.59 Å². The summed E-state index contributed by atoms with van der Waals surface area (Å²) in [6.45, 7) is 5.81. The van der Waals surface area contributed by atoms with Crippen LogP contribution in [0.4, 0.5) is 22.0 Å². The number of fused-ring (bicyclic) bond motifs is 1.